The van der Waals surface area contributed by atoms with Gasteiger partial charge in [-0.3, -0.25) is 0 Å². The molecule has 2 fully saturated rings. The van der Waals surface area contributed by atoms with Gasteiger partial charge < -0.3 is 9.84 Å². The smallest absolute Gasteiger partial charge is 0.120 e. The van der Waals surface area contributed by atoms with Crippen molar-refractivity contribution in [2.24, 2.45) is 0 Å². The molecule has 2 rings (SSSR count). The largest absolute Gasteiger partial charge is 0.387 e. The van der Waals surface area contributed by atoms with E-state index in [1.165, 1.54) is 6.42 Å². The highest BCUT2D eigenvalue weighted by Gasteiger charge is 2.62. The molecule has 0 aromatic carbocycles. The minimum absolute atomic E-state index is 0.229. The Morgan fingerprint density at radius 1 is 1.25 bits per heavy atom. The van der Waals surface area contributed by atoms with Crippen molar-refractivity contribution in [2.45, 2.75) is 63.3 Å². The molecule has 2 heteroatoms. The summed E-state index contributed by atoms with van der Waals surface area (Å²) < 4.78 is 5.50. The molecule has 12 heavy (non-hydrogen) atoms. The highest BCUT2D eigenvalue weighted by molar-refractivity contribution is 5.11. The van der Waals surface area contributed by atoms with Gasteiger partial charge in [-0.15, -0.1) is 0 Å². The van der Waals surface area contributed by atoms with Crippen LogP contribution in [0.25, 0.3) is 0 Å². The molecule has 1 aliphatic carbocycles. The van der Waals surface area contributed by atoms with Crippen LogP contribution in [0.15, 0.2) is 0 Å². The first-order valence-corrected chi connectivity index (χ1v) is 4.99. The number of aliphatic hydroxyl groups is 1. The average molecular weight is 170 g/mol. The molecule has 1 heterocycles. The fourth-order valence-electron chi connectivity index (χ4n) is 2.45. The van der Waals surface area contributed by atoms with Gasteiger partial charge in [0.15, 0.2) is 0 Å². The van der Waals surface area contributed by atoms with Crippen molar-refractivity contribution in [3.8, 4) is 0 Å². The van der Waals surface area contributed by atoms with E-state index in [0.717, 1.165) is 25.7 Å². The Bertz CT molecular complexity index is 184. The number of ether oxygens (including phenoxy) is 1. The van der Waals surface area contributed by atoms with E-state index < -0.39 is 5.60 Å². The zero-order valence-electron chi connectivity index (χ0n) is 7.97. The van der Waals surface area contributed by atoms with Crippen LogP contribution in [0.2, 0.25) is 0 Å². The molecule has 0 aromatic heterocycles. The maximum Gasteiger partial charge on any atom is 0.120 e. The van der Waals surface area contributed by atoms with E-state index >= 15 is 0 Å². The van der Waals surface area contributed by atoms with Gasteiger partial charge in [0, 0.05) is 0 Å². The molecule has 0 aromatic rings. The summed E-state index contributed by atoms with van der Waals surface area (Å²) in [5.74, 6) is 0. The number of rotatable bonds is 1. The molecule has 2 atom stereocenters. The van der Waals surface area contributed by atoms with Crippen LogP contribution in [0, 0.1) is 0 Å². The Morgan fingerprint density at radius 2 is 1.75 bits per heavy atom. The summed E-state index contributed by atoms with van der Waals surface area (Å²) in [6.07, 6.45) is 5.68. The molecule has 2 nitrogen and oxygen atoms in total. The highest BCUT2D eigenvalue weighted by atomic mass is 16.6. The van der Waals surface area contributed by atoms with Crippen molar-refractivity contribution in [1.29, 1.82) is 0 Å². The monoisotopic (exact) mass is 170 g/mol. The summed E-state index contributed by atoms with van der Waals surface area (Å²) in [4.78, 5) is 0. The van der Waals surface area contributed by atoms with Crippen LogP contribution in [0.1, 0.15) is 46.0 Å². The number of hydrogen-bond acceptors (Lipinski definition) is 2. The molecule has 70 valence electrons. The van der Waals surface area contributed by atoms with E-state index in [2.05, 4.69) is 0 Å². The predicted molar refractivity (Wildman–Crippen MR) is 47.0 cm³/mol. The lowest BCUT2D eigenvalue weighted by Crippen LogP contribution is -2.46. The van der Waals surface area contributed by atoms with Gasteiger partial charge in [0.2, 0.25) is 0 Å². The molecule has 0 radical (unpaired) electrons. The molecular weight excluding hydrogens is 152 g/mol. The van der Waals surface area contributed by atoms with Gasteiger partial charge in [0.1, 0.15) is 5.60 Å². The molecule has 1 saturated heterocycles. The Kier molecular flexibility index (Phi) is 1.74. The summed E-state index contributed by atoms with van der Waals surface area (Å²) in [6.45, 7) is 4.09. The van der Waals surface area contributed by atoms with Crippen molar-refractivity contribution < 1.29 is 9.84 Å². The summed E-state index contributed by atoms with van der Waals surface area (Å²) >= 11 is 0. The first-order chi connectivity index (χ1) is 5.58. The third kappa shape index (κ3) is 1.01. The van der Waals surface area contributed by atoms with Crippen molar-refractivity contribution >= 4 is 0 Å². The highest BCUT2D eigenvalue weighted by Crippen LogP contribution is 2.50. The Labute approximate surface area is 73.9 Å². The second-order valence-electron chi connectivity index (χ2n) is 4.46. The van der Waals surface area contributed by atoms with E-state index in [0.29, 0.717) is 0 Å². The zero-order chi connectivity index (χ0) is 8.82. The maximum atomic E-state index is 10.3. The molecule has 0 bridgehead atoms. The van der Waals surface area contributed by atoms with Gasteiger partial charge in [-0.2, -0.15) is 0 Å². The van der Waals surface area contributed by atoms with Crippen molar-refractivity contribution in [2.75, 3.05) is 0 Å². The standard InChI is InChI=1S/C10H18O2/c1-8-9(2,12-8)10(11)6-4-3-5-7-10/h8,11H,3-7H2,1-2H3. The molecule has 1 aliphatic heterocycles. The molecular formula is C10H18O2. The van der Waals surface area contributed by atoms with Crippen molar-refractivity contribution in [3.05, 3.63) is 0 Å². The quantitative estimate of drug-likeness (QED) is 0.609. The molecule has 0 amide bonds. The summed E-state index contributed by atoms with van der Waals surface area (Å²) in [5.41, 5.74) is -0.752. The van der Waals surface area contributed by atoms with Crippen LogP contribution in [0.3, 0.4) is 0 Å². The summed E-state index contributed by atoms with van der Waals surface area (Å²) in [5, 5.41) is 10.3. The van der Waals surface area contributed by atoms with Crippen LogP contribution in [0.5, 0.6) is 0 Å². The Hall–Kier alpha value is -0.0800. The third-order valence-corrected chi connectivity index (χ3v) is 3.74. The van der Waals surface area contributed by atoms with Crippen LogP contribution in [-0.2, 0) is 4.74 Å². The first kappa shape index (κ1) is 8.52. The average Bonchev–Trinajstić information content (AvgIpc) is 2.63. The normalized spacial score (nSPS) is 45.8. The minimum Gasteiger partial charge on any atom is -0.387 e. The Balaban J connectivity index is 2.09. The van der Waals surface area contributed by atoms with Gasteiger partial charge in [-0.25, -0.2) is 0 Å². The molecule has 1 N–H and O–H groups in total. The lowest BCUT2D eigenvalue weighted by atomic mass is 9.75. The van der Waals surface area contributed by atoms with E-state index in [9.17, 15) is 5.11 Å². The maximum absolute atomic E-state index is 10.3. The van der Waals surface area contributed by atoms with Crippen LogP contribution in [-0.4, -0.2) is 22.4 Å². The van der Waals surface area contributed by atoms with Gasteiger partial charge >= 0.3 is 0 Å². The molecule has 2 aliphatic rings. The number of hydrogen-bond donors (Lipinski definition) is 1. The first-order valence-electron chi connectivity index (χ1n) is 4.99. The number of epoxide rings is 1. The summed E-state index contributed by atoms with van der Waals surface area (Å²) in [6, 6.07) is 0. The van der Waals surface area contributed by atoms with Crippen molar-refractivity contribution in [3.63, 3.8) is 0 Å². The molecule has 1 saturated carbocycles. The van der Waals surface area contributed by atoms with E-state index in [1.807, 2.05) is 13.8 Å². The van der Waals surface area contributed by atoms with Crippen LogP contribution < -0.4 is 0 Å². The molecule has 0 spiro atoms. The van der Waals surface area contributed by atoms with Crippen LogP contribution >= 0.6 is 0 Å². The SMILES string of the molecule is CC1OC1(C)C1(O)CCCCC1. The Morgan fingerprint density at radius 3 is 2.17 bits per heavy atom. The van der Waals surface area contributed by atoms with Crippen molar-refractivity contribution in [1.82, 2.24) is 0 Å². The predicted octanol–water partition coefficient (Wildman–Crippen LogP) is 1.86. The van der Waals surface area contributed by atoms with E-state index in [-0.39, 0.29) is 11.7 Å². The van der Waals surface area contributed by atoms with E-state index in [4.69, 9.17) is 4.74 Å². The van der Waals surface area contributed by atoms with Crippen LogP contribution in [0.4, 0.5) is 0 Å². The third-order valence-electron chi connectivity index (χ3n) is 3.74. The molecule has 2 unspecified atom stereocenters. The summed E-state index contributed by atoms with van der Waals surface area (Å²) in [7, 11) is 0. The second-order valence-corrected chi connectivity index (χ2v) is 4.46. The zero-order valence-corrected chi connectivity index (χ0v) is 7.97. The minimum atomic E-state index is -0.523. The fraction of sp³-hybridized carbons (Fsp3) is 1.00. The van der Waals surface area contributed by atoms with E-state index in [1.54, 1.807) is 0 Å². The lowest BCUT2D eigenvalue weighted by Gasteiger charge is -2.35. The lowest BCUT2D eigenvalue weighted by molar-refractivity contribution is -0.0586. The second kappa shape index (κ2) is 2.46. The van der Waals surface area contributed by atoms with Gasteiger partial charge in [-0.05, 0) is 26.7 Å². The fourth-order valence-corrected chi connectivity index (χ4v) is 2.45. The van der Waals surface area contributed by atoms with Gasteiger partial charge in [0.05, 0.1) is 11.7 Å². The van der Waals surface area contributed by atoms with Gasteiger partial charge in [0.25, 0.3) is 0 Å². The van der Waals surface area contributed by atoms with Gasteiger partial charge in [-0.1, -0.05) is 19.3 Å². The topological polar surface area (TPSA) is 32.8 Å².